The van der Waals surface area contributed by atoms with Gasteiger partial charge in [-0.1, -0.05) is 17.2 Å². The lowest BCUT2D eigenvalue weighted by Crippen LogP contribution is -2.45. The first-order chi connectivity index (χ1) is 11.6. The molecule has 1 aliphatic rings. The molecule has 3 rings (SSSR count). The molecule has 0 bridgehead atoms. The zero-order valence-corrected chi connectivity index (χ0v) is 13.5. The summed E-state index contributed by atoms with van der Waals surface area (Å²) in [6.45, 7) is 0.843. The highest BCUT2D eigenvalue weighted by molar-refractivity contribution is 5.76. The van der Waals surface area contributed by atoms with Crippen LogP contribution in [0.15, 0.2) is 24.3 Å². The van der Waals surface area contributed by atoms with Crippen LogP contribution in [0.1, 0.15) is 31.2 Å². The van der Waals surface area contributed by atoms with Crippen LogP contribution in [0.3, 0.4) is 0 Å². The molecule has 0 radical (unpaired) electrons. The first-order valence-corrected chi connectivity index (χ1v) is 8.22. The number of phenols is 1. The average molecular weight is 330 g/mol. The van der Waals surface area contributed by atoms with Gasteiger partial charge in [-0.2, -0.15) is 0 Å². The Bertz CT molecular complexity index is 684. The highest BCUT2D eigenvalue weighted by Crippen LogP contribution is 2.22. The smallest absolute Gasteiger partial charge is 0.244 e. The Balaban J connectivity index is 1.61. The largest absolute Gasteiger partial charge is 0.508 e. The number of nitrogens with zero attached hydrogens (tertiary/aromatic N) is 5. The number of aryl methyl sites for hydroxylation is 1. The standard InChI is InChI=1S/C16H22N6O2/c17-16-18-19-20-22(16)11-15(24)21-10-2-1-3-13(21)7-4-12-5-8-14(23)9-6-12/h5-6,8-9,13,23H,1-4,7,10-11H2,(H2,17,18,20). The normalized spacial score (nSPS) is 17.8. The lowest BCUT2D eigenvalue weighted by molar-refractivity contribution is -0.135. The van der Waals surface area contributed by atoms with Crippen molar-refractivity contribution in [2.24, 2.45) is 0 Å². The van der Waals surface area contributed by atoms with Crippen molar-refractivity contribution < 1.29 is 9.90 Å². The Labute approximate surface area is 140 Å². The molecule has 1 saturated heterocycles. The van der Waals surface area contributed by atoms with E-state index in [1.807, 2.05) is 17.0 Å². The first kappa shape index (κ1) is 16.2. The van der Waals surface area contributed by atoms with Crippen LogP contribution in [0.2, 0.25) is 0 Å². The molecule has 1 aromatic heterocycles. The summed E-state index contributed by atoms with van der Waals surface area (Å²) >= 11 is 0. The van der Waals surface area contributed by atoms with Gasteiger partial charge < -0.3 is 15.7 Å². The molecule has 128 valence electrons. The van der Waals surface area contributed by atoms with Gasteiger partial charge in [0.1, 0.15) is 12.3 Å². The minimum Gasteiger partial charge on any atom is -0.508 e. The van der Waals surface area contributed by atoms with Crippen molar-refractivity contribution in [2.75, 3.05) is 12.3 Å². The number of rotatable bonds is 5. The van der Waals surface area contributed by atoms with Crippen molar-refractivity contribution in [3.63, 3.8) is 0 Å². The number of hydrogen-bond donors (Lipinski definition) is 2. The minimum absolute atomic E-state index is 0.00408. The Morgan fingerprint density at radius 1 is 1.29 bits per heavy atom. The third kappa shape index (κ3) is 3.81. The minimum atomic E-state index is 0.00408. The number of carbonyl (C=O) groups excluding carboxylic acids is 1. The molecule has 8 nitrogen and oxygen atoms in total. The summed E-state index contributed by atoms with van der Waals surface area (Å²) in [6, 6.07) is 7.45. The fourth-order valence-electron chi connectivity index (χ4n) is 3.17. The van der Waals surface area contributed by atoms with E-state index in [1.165, 1.54) is 4.68 Å². The lowest BCUT2D eigenvalue weighted by Gasteiger charge is -2.36. The van der Waals surface area contributed by atoms with E-state index in [4.69, 9.17) is 5.73 Å². The molecule has 2 aromatic rings. The Morgan fingerprint density at radius 3 is 2.79 bits per heavy atom. The van der Waals surface area contributed by atoms with Crippen molar-refractivity contribution in [2.45, 2.75) is 44.7 Å². The number of phenolic OH excluding ortho intramolecular Hbond substituents is 1. The molecule has 0 saturated carbocycles. The first-order valence-electron chi connectivity index (χ1n) is 8.22. The zero-order chi connectivity index (χ0) is 16.9. The van der Waals surface area contributed by atoms with Crippen LogP contribution in [0, 0.1) is 0 Å². The molecule has 24 heavy (non-hydrogen) atoms. The Hall–Kier alpha value is -2.64. The van der Waals surface area contributed by atoms with Gasteiger partial charge in [0.25, 0.3) is 0 Å². The number of benzene rings is 1. The second-order valence-electron chi connectivity index (χ2n) is 6.14. The van der Waals surface area contributed by atoms with Crippen LogP contribution in [0.5, 0.6) is 5.75 Å². The summed E-state index contributed by atoms with van der Waals surface area (Å²) < 4.78 is 1.33. The van der Waals surface area contributed by atoms with E-state index < -0.39 is 0 Å². The molecule has 0 spiro atoms. The van der Waals surface area contributed by atoms with Crippen molar-refractivity contribution in [1.82, 2.24) is 25.1 Å². The summed E-state index contributed by atoms with van der Waals surface area (Å²) in [5.41, 5.74) is 6.80. The van der Waals surface area contributed by atoms with Gasteiger partial charge >= 0.3 is 0 Å². The number of anilines is 1. The third-order valence-corrected chi connectivity index (χ3v) is 4.49. The number of aromatic nitrogens is 4. The van der Waals surface area contributed by atoms with Crippen molar-refractivity contribution in [1.29, 1.82) is 0 Å². The Kier molecular flexibility index (Phi) is 4.93. The second kappa shape index (κ2) is 7.29. The van der Waals surface area contributed by atoms with Crippen molar-refractivity contribution >= 4 is 11.9 Å². The number of aromatic hydroxyl groups is 1. The molecule has 2 heterocycles. The molecule has 1 unspecified atom stereocenters. The number of likely N-dealkylation sites (tertiary alicyclic amines) is 1. The van der Waals surface area contributed by atoms with Gasteiger partial charge in [-0.15, -0.1) is 0 Å². The number of piperidine rings is 1. The third-order valence-electron chi connectivity index (χ3n) is 4.49. The van der Waals surface area contributed by atoms with E-state index in [2.05, 4.69) is 15.5 Å². The van der Waals surface area contributed by atoms with E-state index >= 15 is 0 Å². The summed E-state index contributed by atoms with van der Waals surface area (Å²) in [6.07, 6.45) is 4.95. The number of hydrogen-bond acceptors (Lipinski definition) is 6. The zero-order valence-electron chi connectivity index (χ0n) is 13.5. The van der Waals surface area contributed by atoms with E-state index in [1.54, 1.807) is 12.1 Å². The van der Waals surface area contributed by atoms with E-state index in [0.29, 0.717) is 0 Å². The summed E-state index contributed by atoms with van der Waals surface area (Å²) in [5.74, 6) is 0.428. The van der Waals surface area contributed by atoms with E-state index in [0.717, 1.165) is 44.2 Å². The highest BCUT2D eigenvalue weighted by Gasteiger charge is 2.27. The SMILES string of the molecule is Nc1nnnn1CC(=O)N1CCCCC1CCc1ccc(O)cc1. The number of nitrogens with two attached hydrogens (primary N) is 1. The van der Waals surface area contributed by atoms with Crippen LogP contribution < -0.4 is 5.73 Å². The highest BCUT2D eigenvalue weighted by atomic mass is 16.3. The molecule has 1 atom stereocenters. The van der Waals surface area contributed by atoms with Crippen molar-refractivity contribution in [3.05, 3.63) is 29.8 Å². The Morgan fingerprint density at radius 2 is 2.08 bits per heavy atom. The fraction of sp³-hybridized carbons (Fsp3) is 0.500. The fourth-order valence-corrected chi connectivity index (χ4v) is 3.17. The molecule has 1 aliphatic heterocycles. The van der Waals surface area contributed by atoms with Gasteiger partial charge in [0.15, 0.2) is 0 Å². The molecule has 1 amide bonds. The molecular weight excluding hydrogens is 308 g/mol. The maximum Gasteiger partial charge on any atom is 0.244 e. The molecule has 1 aromatic carbocycles. The van der Waals surface area contributed by atoms with E-state index in [-0.39, 0.29) is 30.2 Å². The van der Waals surface area contributed by atoms with Crippen LogP contribution in [-0.4, -0.2) is 48.7 Å². The summed E-state index contributed by atoms with van der Waals surface area (Å²) in [5, 5.41) is 20.2. The molecule has 0 aliphatic carbocycles. The number of tetrazole rings is 1. The van der Waals surface area contributed by atoms with Crippen LogP contribution >= 0.6 is 0 Å². The molecule has 8 heteroatoms. The molecule has 1 fully saturated rings. The second-order valence-corrected chi connectivity index (χ2v) is 6.14. The summed E-state index contributed by atoms with van der Waals surface area (Å²) in [4.78, 5) is 14.5. The summed E-state index contributed by atoms with van der Waals surface area (Å²) in [7, 11) is 0. The van der Waals surface area contributed by atoms with Gasteiger partial charge in [-0.05, 0) is 60.2 Å². The van der Waals surface area contributed by atoms with Gasteiger partial charge in [0.2, 0.25) is 11.9 Å². The molecule has 3 N–H and O–H groups in total. The lowest BCUT2D eigenvalue weighted by atomic mass is 9.95. The molecular formula is C16H22N6O2. The number of amides is 1. The van der Waals surface area contributed by atoms with Gasteiger partial charge in [0.05, 0.1) is 0 Å². The monoisotopic (exact) mass is 330 g/mol. The average Bonchev–Trinajstić information content (AvgIpc) is 2.99. The topological polar surface area (TPSA) is 110 Å². The number of nitrogen functional groups attached to an aromatic ring is 1. The van der Waals surface area contributed by atoms with Gasteiger partial charge in [-0.3, -0.25) is 4.79 Å². The number of carbonyl (C=O) groups is 1. The van der Waals surface area contributed by atoms with Crippen LogP contribution in [0.4, 0.5) is 5.95 Å². The van der Waals surface area contributed by atoms with E-state index in [9.17, 15) is 9.90 Å². The quantitative estimate of drug-likeness (QED) is 0.845. The van der Waals surface area contributed by atoms with Gasteiger partial charge in [-0.25, -0.2) is 4.68 Å². The maximum absolute atomic E-state index is 12.6. The van der Waals surface area contributed by atoms with Crippen LogP contribution in [0.25, 0.3) is 0 Å². The maximum atomic E-state index is 12.6. The van der Waals surface area contributed by atoms with Gasteiger partial charge in [0, 0.05) is 12.6 Å². The van der Waals surface area contributed by atoms with Crippen molar-refractivity contribution in [3.8, 4) is 5.75 Å². The van der Waals surface area contributed by atoms with Crippen LogP contribution in [-0.2, 0) is 17.8 Å². The predicted octanol–water partition coefficient (Wildman–Crippen LogP) is 0.975. The predicted molar refractivity (Wildman–Crippen MR) is 88.0 cm³/mol.